The van der Waals surface area contributed by atoms with E-state index >= 15 is 0 Å². The first-order chi connectivity index (χ1) is 8.81. The number of fused-ring (bicyclic) bond motifs is 1. The van der Waals surface area contributed by atoms with Crippen LogP contribution in [0, 0.1) is 0 Å². The van der Waals surface area contributed by atoms with E-state index in [0.29, 0.717) is 0 Å². The summed E-state index contributed by atoms with van der Waals surface area (Å²) in [6.45, 7) is 1.03. The quantitative estimate of drug-likeness (QED) is 0.925. The van der Waals surface area contributed by atoms with Gasteiger partial charge in [-0.05, 0) is 25.3 Å². The van der Waals surface area contributed by atoms with Crippen molar-refractivity contribution < 1.29 is 5.11 Å². The summed E-state index contributed by atoms with van der Waals surface area (Å²) in [4.78, 5) is 4.62. The standard InChI is InChI=1S/C14H15BrN2O/c15-11-6-2-1-5-10(11)14-16-12(9-18)13-7-3-4-8-17(13)14/h1-2,5-6,18H,3-4,7-9H2. The largest absolute Gasteiger partial charge is 0.390 e. The summed E-state index contributed by atoms with van der Waals surface area (Å²) in [5.41, 5.74) is 3.13. The third-order valence-electron chi connectivity index (χ3n) is 3.47. The molecule has 0 aliphatic carbocycles. The van der Waals surface area contributed by atoms with Gasteiger partial charge in [-0.1, -0.05) is 34.1 Å². The Kier molecular flexibility index (Phi) is 3.22. The molecule has 3 nitrogen and oxygen atoms in total. The van der Waals surface area contributed by atoms with Crippen molar-refractivity contribution in [1.29, 1.82) is 0 Å². The third-order valence-corrected chi connectivity index (χ3v) is 4.16. The summed E-state index contributed by atoms with van der Waals surface area (Å²) in [5.74, 6) is 0.973. The van der Waals surface area contributed by atoms with E-state index in [1.165, 1.54) is 18.5 Å². The molecule has 18 heavy (non-hydrogen) atoms. The predicted octanol–water partition coefficient (Wildman–Crippen LogP) is 3.14. The van der Waals surface area contributed by atoms with E-state index in [2.05, 4.69) is 31.5 Å². The molecule has 94 valence electrons. The molecule has 0 amide bonds. The van der Waals surface area contributed by atoms with Crippen molar-refractivity contribution in [2.75, 3.05) is 0 Å². The normalized spacial score (nSPS) is 14.6. The molecule has 1 N–H and O–H groups in total. The van der Waals surface area contributed by atoms with Gasteiger partial charge >= 0.3 is 0 Å². The minimum atomic E-state index is 0.0276. The minimum Gasteiger partial charge on any atom is -0.390 e. The van der Waals surface area contributed by atoms with Crippen molar-refractivity contribution >= 4 is 15.9 Å². The third kappa shape index (κ3) is 1.89. The zero-order chi connectivity index (χ0) is 12.5. The molecule has 0 atom stereocenters. The fourth-order valence-corrected chi connectivity index (χ4v) is 3.06. The molecule has 1 aliphatic heterocycles. The highest BCUT2D eigenvalue weighted by molar-refractivity contribution is 9.10. The summed E-state index contributed by atoms with van der Waals surface area (Å²) in [6.07, 6.45) is 3.40. The highest BCUT2D eigenvalue weighted by Gasteiger charge is 2.21. The molecule has 0 saturated heterocycles. The number of benzene rings is 1. The maximum absolute atomic E-state index is 9.44. The van der Waals surface area contributed by atoms with Gasteiger partial charge in [-0.15, -0.1) is 0 Å². The first-order valence-corrected chi connectivity index (χ1v) is 7.04. The van der Waals surface area contributed by atoms with Gasteiger partial charge in [0.15, 0.2) is 0 Å². The first kappa shape index (κ1) is 11.9. The van der Waals surface area contributed by atoms with Crippen molar-refractivity contribution in [3.05, 3.63) is 40.1 Å². The molecule has 0 saturated carbocycles. The number of halogens is 1. The average molecular weight is 307 g/mol. The molecular weight excluding hydrogens is 292 g/mol. The monoisotopic (exact) mass is 306 g/mol. The lowest BCUT2D eigenvalue weighted by Gasteiger charge is -2.17. The number of aliphatic hydroxyl groups excluding tert-OH is 1. The summed E-state index contributed by atoms with van der Waals surface area (Å²) in [7, 11) is 0. The molecular formula is C14H15BrN2O. The predicted molar refractivity (Wildman–Crippen MR) is 74.2 cm³/mol. The molecule has 0 bridgehead atoms. The van der Waals surface area contributed by atoms with Gasteiger partial charge < -0.3 is 9.67 Å². The molecule has 0 radical (unpaired) electrons. The summed E-state index contributed by atoms with van der Waals surface area (Å²) < 4.78 is 3.31. The Morgan fingerprint density at radius 3 is 2.89 bits per heavy atom. The molecule has 1 aromatic carbocycles. The van der Waals surface area contributed by atoms with E-state index in [1.54, 1.807) is 0 Å². The van der Waals surface area contributed by atoms with Gasteiger partial charge in [-0.25, -0.2) is 4.98 Å². The van der Waals surface area contributed by atoms with Gasteiger partial charge in [0.1, 0.15) is 5.82 Å². The zero-order valence-electron chi connectivity index (χ0n) is 10.1. The average Bonchev–Trinajstić information content (AvgIpc) is 2.78. The number of hydrogen-bond donors (Lipinski definition) is 1. The van der Waals surface area contributed by atoms with Crippen LogP contribution in [0.5, 0.6) is 0 Å². The van der Waals surface area contributed by atoms with Crippen LogP contribution in [0.2, 0.25) is 0 Å². The molecule has 0 spiro atoms. The van der Waals surface area contributed by atoms with E-state index in [-0.39, 0.29) is 6.61 Å². The van der Waals surface area contributed by atoms with Gasteiger partial charge in [-0.2, -0.15) is 0 Å². The lowest BCUT2D eigenvalue weighted by atomic mass is 10.1. The van der Waals surface area contributed by atoms with E-state index in [4.69, 9.17) is 0 Å². The minimum absolute atomic E-state index is 0.0276. The Labute approximate surface area is 115 Å². The topological polar surface area (TPSA) is 38.1 Å². The van der Waals surface area contributed by atoms with Crippen molar-refractivity contribution in [2.45, 2.75) is 32.4 Å². The Morgan fingerprint density at radius 2 is 2.11 bits per heavy atom. The molecule has 1 aromatic heterocycles. The van der Waals surface area contributed by atoms with Crippen LogP contribution in [0.15, 0.2) is 28.7 Å². The lowest BCUT2D eigenvalue weighted by molar-refractivity contribution is 0.275. The summed E-state index contributed by atoms with van der Waals surface area (Å²) >= 11 is 3.58. The summed E-state index contributed by atoms with van der Waals surface area (Å²) in [6, 6.07) is 8.11. The van der Waals surface area contributed by atoms with Crippen LogP contribution in [0.3, 0.4) is 0 Å². The van der Waals surface area contributed by atoms with Gasteiger partial charge in [0.25, 0.3) is 0 Å². The Morgan fingerprint density at radius 1 is 1.28 bits per heavy atom. The molecule has 1 aliphatic rings. The Balaban J connectivity index is 2.18. The van der Waals surface area contributed by atoms with Crippen molar-refractivity contribution in [3.63, 3.8) is 0 Å². The van der Waals surface area contributed by atoms with Crippen LogP contribution < -0.4 is 0 Å². The van der Waals surface area contributed by atoms with Gasteiger partial charge in [0, 0.05) is 22.3 Å². The van der Waals surface area contributed by atoms with Crippen molar-refractivity contribution in [2.24, 2.45) is 0 Å². The molecule has 4 heteroatoms. The SMILES string of the molecule is OCc1nc(-c2ccccc2Br)n2c1CCCC2. The molecule has 2 heterocycles. The van der Waals surface area contributed by atoms with Crippen LogP contribution in [0.25, 0.3) is 11.4 Å². The lowest BCUT2D eigenvalue weighted by Crippen LogP contribution is -2.12. The van der Waals surface area contributed by atoms with Crippen LogP contribution >= 0.6 is 15.9 Å². The van der Waals surface area contributed by atoms with Crippen LogP contribution in [-0.4, -0.2) is 14.7 Å². The van der Waals surface area contributed by atoms with Crippen LogP contribution in [0.1, 0.15) is 24.2 Å². The second kappa shape index (κ2) is 4.86. The number of hydrogen-bond acceptors (Lipinski definition) is 2. The first-order valence-electron chi connectivity index (χ1n) is 6.25. The van der Waals surface area contributed by atoms with E-state index < -0.39 is 0 Å². The van der Waals surface area contributed by atoms with E-state index in [1.807, 2.05) is 18.2 Å². The maximum Gasteiger partial charge on any atom is 0.141 e. The Hall–Kier alpha value is -1.13. The Bertz CT molecular complexity index is 577. The van der Waals surface area contributed by atoms with E-state index in [0.717, 1.165) is 34.5 Å². The van der Waals surface area contributed by atoms with Crippen molar-refractivity contribution in [1.82, 2.24) is 9.55 Å². The second-order valence-electron chi connectivity index (χ2n) is 4.58. The van der Waals surface area contributed by atoms with E-state index in [9.17, 15) is 5.11 Å². The van der Waals surface area contributed by atoms with Gasteiger partial charge in [0.05, 0.1) is 12.3 Å². The molecule has 0 fully saturated rings. The number of aromatic nitrogens is 2. The maximum atomic E-state index is 9.44. The zero-order valence-corrected chi connectivity index (χ0v) is 11.7. The van der Waals surface area contributed by atoms with Crippen LogP contribution in [-0.2, 0) is 19.6 Å². The number of nitrogens with zero attached hydrogens (tertiary/aromatic N) is 2. The van der Waals surface area contributed by atoms with Gasteiger partial charge in [0.2, 0.25) is 0 Å². The summed E-state index contributed by atoms with van der Waals surface area (Å²) in [5, 5.41) is 9.44. The fraction of sp³-hybridized carbons (Fsp3) is 0.357. The highest BCUT2D eigenvalue weighted by Crippen LogP contribution is 2.31. The van der Waals surface area contributed by atoms with Gasteiger partial charge in [-0.3, -0.25) is 0 Å². The molecule has 2 aromatic rings. The van der Waals surface area contributed by atoms with Crippen molar-refractivity contribution in [3.8, 4) is 11.4 Å². The second-order valence-corrected chi connectivity index (χ2v) is 5.43. The molecule has 0 unspecified atom stereocenters. The number of imidazole rings is 1. The molecule has 3 rings (SSSR count). The smallest absolute Gasteiger partial charge is 0.141 e. The fourth-order valence-electron chi connectivity index (χ4n) is 2.59. The van der Waals surface area contributed by atoms with Crippen LogP contribution in [0.4, 0.5) is 0 Å². The number of rotatable bonds is 2. The highest BCUT2D eigenvalue weighted by atomic mass is 79.9. The number of aliphatic hydroxyl groups is 1.